The number of rotatable bonds is 12. The number of carbonyl (C=O) groups is 2. The van der Waals surface area contributed by atoms with Crippen molar-refractivity contribution in [3.05, 3.63) is 87.8 Å². The fourth-order valence-corrected chi connectivity index (χ4v) is 5.74. The molecule has 0 aliphatic carbocycles. The van der Waals surface area contributed by atoms with E-state index in [1.54, 1.807) is 43.5 Å². The molecule has 2 aliphatic rings. The minimum atomic E-state index is -0.495. The Labute approximate surface area is 261 Å². The number of methoxy groups -OCH3 is 2. The molecule has 2 fully saturated rings. The third kappa shape index (κ3) is 7.92. The number of hydrogen-bond donors (Lipinski definition) is 1. The summed E-state index contributed by atoms with van der Waals surface area (Å²) in [6.07, 6.45) is 3.18. The van der Waals surface area contributed by atoms with Crippen LogP contribution in [0.25, 0.3) is 0 Å². The van der Waals surface area contributed by atoms with Gasteiger partial charge in [-0.05, 0) is 74.3 Å². The Balaban J connectivity index is 1.21. The third-order valence-corrected chi connectivity index (χ3v) is 8.41. The summed E-state index contributed by atoms with van der Waals surface area (Å²) >= 11 is 5.85. The number of hydrogen-bond acceptors (Lipinski definition) is 8. The molecule has 0 spiro atoms. The molecule has 1 aromatic heterocycles. The van der Waals surface area contributed by atoms with Gasteiger partial charge in [-0.2, -0.15) is 0 Å². The van der Waals surface area contributed by atoms with Crippen LogP contribution in [0.15, 0.2) is 54.6 Å². The summed E-state index contributed by atoms with van der Waals surface area (Å²) in [5.74, 6) is -0.404. The van der Waals surface area contributed by atoms with Gasteiger partial charge in [-0.25, -0.2) is 14.2 Å². The second-order valence-electron chi connectivity index (χ2n) is 11.0. The molecule has 1 amide bonds. The predicted octanol–water partition coefficient (Wildman–Crippen LogP) is 5.40. The third-order valence-electron chi connectivity index (χ3n) is 8.18. The summed E-state index contributed by atoms with van der Waals surface area (Å²) in [7, 11) is 2.93. The van der Waals surface area contributed by atoms with Crippen LogP contribution in [0.4, 0.5) is 10.1 Å². The van der Waals surface area contributed by atoms with Gasteiger partial charge in [0.1, 0.15) is 18.5 Å². The van der Waals surface area contributed by atoms with Gasteiger partial charge in [0.2, 0.25) is 11.8 Å². The zero-order valence-electron chi connectivity index (χ0n) is 24.9. The van der Waals surface area contributed by atoms with Crippen molar-refractivity contribution in [1.82, 2.24) is 9.88 Å². The lowest BCUT2D eigenvalue weighted by molar-refractivity contribution is -0.123. The van der Waals surface area contributed by atoms with E-state index < -0.39 is 17.8 Å². The van der Waals surface area contributed by atoms with Crippen molar-refractivity contribution in [2.45, 2.75) is 50.4 Å². The summed E-state index contributed by atoms with van der Waals surface area (Å²) in [5.41, 5.74) is 3.21. The Morgan fingerprint density at radius 3 is 2.57 bits per heavy atom. The summed E-state index contributed by atoms with van der Waals surface area (Å²) < 4.78 is 35.9. The van der Waals surface area contributed by atoms with Crippen LogP contribution in [0.3, 0.4) is 0 Å². The van der Waals surface area contributed by atoms with E-state index in [1.165, 1.54) is 13.2 Å². The zero-order chi connectivity index (χ0) is 31.1. The molecular formula is C33H37ClFN3O6. The highest BCUT2D eigenvalue weighted by Crippen LogP contribution is 2.30. The van der Waals surface area contributed by atoms with E-state index in [2.05, 4.69) is 10.2 Å². The maximum absolute atomic E-state index is 14.2. The van der Waals surface area contributed by atoms with Gasteiger partial charge in [0.15, 0.2) is 0 Å². The Bertz CT molecular complexity index is 1460. The van der Waals surface area contributed by atoms with Crippen LogP contribution in [0.1, 0.15) is 52.4 Å². The largest absolute Gasteiger partial charge is 0.473 e. The molecule has 2 saturated heterocycles. The van der Waals surface area contributed by atoms with Crippen LogP contribution in [0.5, 0.6) is 5.88 Å². The highest BCUT2D eigenvalue weighted by molar-refractivity contribution is 6.30. The Hall–Kier alpha value is -3.57. The number of anilines is 1. The molecule has 1 N–H and O–H groups in total. The molecule has 5 rings (SSSR count). The van der Waals surface area contributed by atoms with Crippen LogP contribution in [0.2, 0.25) is 5.02 Å². The molecule has 0 bridgehead atoms. The molecule has 0 radical (unpaired) electrons. The number of esters is 1. The Kier molecular flexibility index (Phi) is 10.8. The van der Waals surface area contributed by atoms with E-state index in [9.17, 15) is 14.0 Å². The maximum Gasteiger partial charge on any atom is 0.337 e. The molecule has 3 aromatic rings. The van der Waals surface area contributed by atoms with E-state index in [1.807, 2.05) is 12.1 Å². The molecule has 0 saturated carbocycles. The second kappa shape index (κ2) is 14.9. The molecule has 2 aliphatic heterocycles. The molecule has 44 heavy (non-hydrogen) atoms. The SMILES string of the molecule is COCC(C(=O)Nc1ccc(C(=O)OC)cc1CC1CCO1)N1CCC(c2cccc(OCc3ccc(Cl)cc3F)n2)CC1. The van der Waals surface area contributed by atoms with Crippen LogP contribution in [0, 0.1) is 5.82 Å². The van der Waals surface area contributed by atoms with E-state index in [0.29, 0.717) is 53.8 Å². The number of halogens is 2. The average molecular weight is 626 g/mol. The summed E-state index contributed by atoms with van der Waals surface area (Å²) in [6.45, 7) is 2.36. The number of nitrogens with one attached hydrogen (secondary N) is 1. The number of carbonyl (C=O) groups excluding carboxylic acids is 2. The lowest BCUT2D eigenvalue weighted by Gasteiger charge is -2.36. The number of amides is 1. The first-order valence-corrected chi connectivity index (χ1v) is 15.1. The average Bonchev–Trinajstić information content (AvgIpc) is 3.01. The summed E-state index contributed by atoms with van der Waals surface area (Å²) in [4.78, 5) is 32.6. The quantitative estimate of drug-likeness (QED) is 0.267. The molecule has 11 heteroatoms. The first-order chi connectivity index (χ1) is 21.3. The van der Waals surface area contributed by atoms with Gasteiger partial charge in [-0.15, -0.1) is 0 Å². The van der Waals surface area contributed by atoms with Crippen molar-refractivity contribution < 1.29 is 32.9 Å². The highest BCUT2D eigenvalue weighted by atomic mass is 35.5. The maximum atomic E-state index is 14.2. The minimum Gasteiger partial charge on any atom is -0.473 e. The van der Waals surface area contributed by atoms with Gasteiger partial charge in [0.05, 0.1) is 25.4 Å². The molecule has 3 heterocycles. The standard InChI is InChI=1S/C33H37ClFN3O6/c1-41-20-30(32(39)37-29-9-7-22(33(40)42-2)16-24(29)17-26-12-15-43-26)38-13-10-21(11-14-38)28-4-3-5-31(36-28)44-19-23-6-8-25(34)18-27(23)35/h3-9,16,18,21,26,30H,10-15,17,19-20H2,1-2H3,(H,37,39). The van der Waals surface area contributed by atoms with Crippen molar-refractivity contribution in [3.8, 4) is 5.88 Å². The van der Waals surface area contributed by atoms with Gasteiger partial charge < -0.3 is 24.3 Å². The lowest BCUT2D eigenvalue weighted by Crippen LogP contribution is -2.50. The predicted molar refractivity (Wildman–Crippen MR) is 164 cm³/mol. The van der Waals surface area contributed by atoms with E-state index in [0.717, 1.165) is 30.5 Å². The van der Waals surface area contributed by atoms with Crippen LogP contribution in [-0.4, -0.2) is 74.4 Å². The van der Waals surface area contributed by atoms with E-state index in [4.69, 9.17) is 35.5 Å². The topological polar surface area (TPSA) is 99.2 Å². The zero-order valence-corrected chi connectivity index (χ0v) is 25.6. The summed E-state index contributed by atoms with van der Waals surface area (Å²) in [5, 5.41) is 3.42. The number of likely N-dealkylation sites (tertiary alicyclic amines) is 1. The first kappa shape index (κ1) is 31.8. The van der Waals surface area contributed by atoms with Gasteiger partial charge in [-0.1, -0.05) is 23.7 Å². The van der Waals surface area contributed by atoms with Crippen molar-refractivity contribution in [2.24, 2.45) is 0 Å². The minimum absolute atomic E-state index is 0.0481. The number of nitrogens with zero attached hydrogens (tertiary/aromatic N) is 2. The van der Waals surface area contributed by atoms with Crippen LogP contribution < -0.4 is 10.1 Å². The van der Waals surface area contributed by atoms with Crippen molar-refractivity contribution in [2.75, 3.05) is 45.8 Å². The molecule has 9 nitrogen and oxygen atoms in total. The first-order valence-electron chi connectivity index (χ1n) is 14.7. The van der Waals surface area contributed by atoms with E-state index in [-0.39, 0.29) is 31.1 Å². The Morgan fingerprint density at radius 1 is 1.09 bits per heavy atom. The Morgan fingerprint density at radius 2 is 1.89 bits per heavy atom. The molecule has 2 unspecified atom stereocenters. The normalized spacial score (nSPS) is 17.9. The highest BCUT2D eigenvalue weighted by Gasteiger charge is 2.32. The second-order valence-corrected chi connectivity index (χ2v) is 11.5. The van der Waals surface area contributed by atoms with E-state index >= 15 is 0 Å². The van der Waals surface area contributed by atoms with Gasteiger partial charge in [0, 0.05) is 54.1 Å². The van der Waals surface area contributed by atoms with Crippen molar-refractivity contribution in [3.63, 3.8) is 0 Å². The molecule has 234 valence electrons. The van der Waals surface area contributed by atoms with Gasteiger partial charge >= 0.3 is 5.97 Å². The number of piperidine rings is 1. The van der Waals surface area contributed by atoms with Crippen molar-refractivity contribution >= 4 is 29.2 Å². The van der Waals surface area contributed by atoms with Crippen LogP contribution in [-0.2, 0) is 32.0 Å². The van der Waals surface area contributed by atoms with Gasteiger partial charge in [0.25, 0.3) is 0 Å². The lowest BCUT2D eigenvalue weighted by atomic mass is 9.92. The van der Waals surface area contributed by atoms with Gasteiger partial charge in [-0.3, -0.25) is 9.69 Å². The number of ether oxygens (including phenoxy) is 4. The number of benzene rings is 2. The van der Waals surface area contributed by atoms with Crippen molar-refractivity contribution in [1.29, 1.82) is 0 Å². The molecule has 2 aromatic carbocycles. The fraction of sp³-hybridized carbons (Fsp3) is 0.424. The number of aromatic nitrogens is 1. The molecular weight excluding hydrogens is 589 g/mol. The summed E-state index contributed by atoms with van der Waals surface area (Å²) in [6, 6.07) is 14.8. The van der Waals surface area contributed by atoms with Crippen LogP contribution >= 0.6 is 11.6 Å². The fourth-order valence-electron chi connectivity index (χ4n) is 5.58. The number of pyridine rings is 1. The molecule has 2 atom stereocenters. The monoisotopic (exact) mass is 625 g/mol. The smallest absolute Gasteiger partial charge is 0.337 e.